The molecule has 154 valence electrons. The molecular formula is C20H16F3N5O2. The maximum atomic E-state index is 12.7. The number of aromatic nitrogens is 4. The van der Waals surface area contributed by atoms with Crippen molar-refractivity contribution in [2.75, 3.05) is 12.4 Å². The van der Waals surface area contributed by atoms with Gasteiger partial charge in [-0.05, 0) is 23.8 Å². The van der Waals surface area contributed by atoms with Crippen molar-refractivity contribution in [3.8, 4) is 5.75 Å². The van der Waals surface area contributed by atoms with Gasteiger partial charge in [-0.2, -0.15) is 18.3 Å². The van der Waals surface area contributed by atoms with Crippen molar-refractivity contribution >= 4 is 22.5 Å². The molecule has 0 unspecified atom stereocenters. The van der Waals surface area contributed by atoms with E-state index < -0.39 is 17.6 Å². The second-order valence-electron chi connectivity index (χ2n) is 6.51. The number of pyridine rings is 1. The number of rotatable bonds is 5. The molecule has 4 aromatic rings. The maximum absolute atomic E-state index is 12.7. The largest absolute Gasteiger partial charge is 0.493 e. The quantitative estimate of drug-likeness (QED) is 0.514. The number of amides is 1. The molecule has 7 nitrogen and oxygen atoms in total. The molecule has 0 saturated heterocycles. The van der Waals surface area contributed by atoms with Crippen LogP contribution >= 0.6 is 0 Å². The van der Waals surface area contributed by atoms with Gasteiger partial charge in [0.1, 0.15) is 0 Å². The number of H-pyrrole nitrogens is 1. The van der Waals surface area contributed by atoms with Gasteiger partial charge in [-0.25, -0.2) is 0 Å². The average molecular weight is 415 g/mol. The topological polar surface area (TPSA) is 84.8 Å². The fourth-order valence-electron chi connectivity index (χ4n) is 3.02. The number of nitrogens with one attached hydrogen (secondary N) is 2. The third kappa shape index (κ3) is 3.84. The molecule has 3 heterocycles. The predicted molar refractivity (Wildman–Crippen MR) is 103 cm³/mol. The van der Waals surface area contributed by atoms with Gasteiger partial charge in [0, 0.05) is 24.0 Å². The van der Waals surface area contributed by atoms with Crippen molar-refractivity contribution in [2.24, 2.45) is 0 Å². The van der Waals surface area contributed by atoms with Crippen LogP contribution in [0.1, 0.15) is 21.6 Å². The van der Waals surface area contributed by atoms with E-state index in [0.717, 1.165) is 12.1 Å². The van der Waals surface area contributed by atoms with Crippen LogP contribution in [0.5, 0.6) is 5.75 Å². The Labute approximate surface area is 168 Å². The molecular weight excluding hydrogens is 399 g/mol. The number of ether oxygens (including phenoxy) is 1. The molecule has 1 aromatic carbocycles. The lowest BCUT2D eigenvalue weighted by Crippen LogP contribution is -2.13. The Morgan fingerprint density at radius 3 is 2.67 bits per heavy atom. The molecule has 0 fully saturated rings. The van der Waals surface area contributed by atoms with Crippen LogP contribution in [0.15, 0.2) is 55.1 Å². The lowest BCUT2D eigenvalue weighted by molar-refractivity contribution is -0.137. The van der Waals surface area contributed by atoms with E-state index in [2.05, 4.69) is 20.4 Å². The molecule has 0 spiro atoms. The Balaban J connectivity index is 1.47. The van der Waals surface area contributed by atoms with Gasteiger partial charge in [-0.15, -0.1) is 0 Å². The summed E-state index contributed by atoms with van der Waals surface area (Å²) in [6.07, 6.45) is 2.01. The van der Waals surface area contributed by atoms with Gasteiger partial charge in [0.25, 0.3) is 5.91 Å². The molecule has 0 radical (unpaired) electrons. The summed E-state index contributed by atoms with van der Waals surface area (Å²) in [5.41, 5.74) is 1.32. The highest BCUT2D eigenvalue weighted by Crippen LogP contribution is 2.30. The van der Waals surface area contributed by atoms with Gasteiger partial charge in [0.15, 0.2) is 11.4 Å². The molecule has 0 atom stereocenters. The van der Waals surface area contributed by atoms with Crippen molar-refractivity contribution < 1.29 is 22.7 Å². The summed E-state index contributed by atoms with van der Waals surface area (Å²) in [6, 6.07) is 6.35. The fourth-order valence-corrected chi connectivity index (χ4v) is 3.02. The zero-order chi connectivity index (χ0) is 21.3. The van der Waals surface area contributed by atoms with Crippen molar-refractivity contribution in [3.05, 3.63) is 71.9 Å². The normalized spacial score (nSPS) is 11.6. The van der Waals surface area contributed by atoms with Crippen LogP contribution in [0.3, 0.4) is 0 Å². The molecule has 0 aliphatic carbocycles. The lowest BCUT2D eigenvalue weighted by atomic mass is 10.1. The summed E-state index contributed by atoms with van der Waals surface area (Å²) in [5.74, 6) is 0.124. The standard InChI is InChI=1S/C20H16F3N5O2/c1-30-17-10-24-8-14-16(9-25-18(14)17)26-19(29)15-6-7-28(27-15)11-12-2-4-13(5-3-12)20(21,22)23/h2-10,25H,11H2,1H3,(H,26,29). The Morgan fingerprint density at radius 2 is 1.97 bits per heavy atom. The smallest absolute Gasteiger partial charge is 0.416 e. The van der Waals surface area contributed by atoms with Gasteiger partial charge >= 0.3 is 6.18 Å². The Morgan fingerprint density at radius 1 is 1.20 bits per heavy atom. The number of anilines is 1. The summed E-state index contributed by atoms with van der Waals surface area (Å²) in [5, 5.41) is 7.66. The van der Waals surface area contributed by atoms with E-state index in [1.807, 2.05) is 0 Å². The summed E-state index contributed by atoms with van der Waals surface area (Å²) in [4.78, 5) is 19.7. The summed E-state index contributed by atoms with van der Waals surface area (Å²) < 4.78 is 44.7. The highest BCUT2D eigenvalue weighted by Gasteiger charge is 2.29. The minimum Gasteiger partial charge on any atom is -0.493 e. The zero-order valence-electron chi connectivity index (χ0n) is 15.7. The third-order valence-corrected chi connectivity index (χ3v) is 4.53. The van der Waals surface area contributed by atoms with Crippen molar-refractivity contribution in [2.45, 2.75) is 12.7 Å². The minimum absolute atomic E-state index is 0.173. The van der Waals surface area contributed by atoms with Crippen LogP contribution in [-0.2, 0) is 12.7 Å². The second kappa shape index (κ2) is 7.54. The number of alkyl halides is 3. The van der Waals surface area contributed by atoms with E-state index in [9.17, 15) is 18.0 Å². The first-order valence-electron chi connectivity index (χ1n) is 8.85. The monoisotopic (exact) mass is 415 g/mol. The second-order valence-corrected chi connectivity index (χ2v) is 6.51. The first-order valence-corrected chi connectivity index (χ1v) is 8.85. The molecule has 3 aromatic heterocycles. The predicted octanol–water partition coefficient (Wildman–Crippen LogP) is 4.09. The fraction of sp³-hybridized carbons (Fsp3) is 0.150. The van der Waals surface area contributed by atoms with Gasteiger partial charge in [0.05, 0.1) is 36.6 Å². The van der Waals surface area contributed by atoms with Crippen molar-refractivity contribution in [3.63, 3.8) is 0 Å². The molecule has 0 aliphatic rings. The molecule has 2 N–H and O–H groups in total. The van der Waals surface area contributed by atoms with E-state index >= 15 is 0 Å². The third-order valence-electron chi connectivity index (χ3n) is 4.53. The molecule has 0 saturated carbocycles. The van der Waals surface area contributed by atoms with Crippen LogP contribution < -0.4 is 10.1 Å². The average Bonchev–Trinajstić information content (AvgIpc) is 3.35. The van der Waals surface area contributed by atoms with Crippen LogP contribution in [0.25, 0.3) is 10.9 Å². The molecule has 30 heavy (non-hydrogen) atoms. The number of hydrogen-bond donors (Lipinski definition) is 2. The van der Waals surface area contributed by atoms with Crippen molar-refractivity contribution in [1.82, 2.24) is 19.7 Å². The minimum atomic E-state index is -4.38. The summed E-state index contributed by atoms with van der Waals surface area (Å²) in [7, 11) is 1.53. The molecule has 1 amide bonds. The van der Waals surface area contributed by atoms with Crippen LogP contribution in [0.4, 0.5) is 18.9 Å². The van der Waals surface area contributed by atoms with E-state index in [1.165, 1.54) is 30.0 Å². The summed E-state index contributed by atoms with van der Waals surface area (Å²) in [6.45, 7) is 0.236. The van der Waals surface area contributed by atoms with Crippen LogP contribution in [-0.4, -0.2) is 32.8 Å². The number of benzene rings is 1. The van der Waals surface area contributed by atoms with Crippen molar-refractivity contribution in [1.29, 1.82) is 0 Å². The van der Waals surface area contributed by atoms with Gasteiger partial charge in [0.2, 0.25) is 0 Å². The van der Waals surface area contributed by atoms with E-state index in [4.69, 9.17) is 4.74 Å². The number of fused-ring (bicyclic) bond motifs is 1. The maximum Gasteiger partial charge on any atom is 0.416 e. The Bertz CT molecular complexity index is 1200. The number of methoxy groups -OCH3 is 1. The highest BCUT2D eigenvalue weighted by molar-refractivity contribution is 6.08. The van der Waals surface area contributed by atoms with Crippen LogP contribution in [0, 0.1) is 0 Å². The number of hydrogen-bond acceptors (Lipinski definition) is 4. The van der Waals surface area contributed by atoms with Gasteiger partial charge in [-0.3, -0.25) is 14.5 Å². The molecule has 10 heteroatoms. The summed E-state index contributed by atoms with van der Waals surface area (Å²) >= 11 is 0. The van der Waals surface area contributed by atoms with Gasteiger partial charge < -0.3 is 15.0 Å². The zero-order valence-corrected chi connectivity index (χ0v) is 15.7. The number of carbonyl (C=O) groups is 1. The van der Waals surface area contributed by atoms with E-state index in [-0.39, 0.29) is 12.2 Å². The van der Waals surface area contributed by atoms with Gasteiger partial charge in [-0.1, -0.05) is 12.1 Å². The van der Waals surface area contributed by atoms with E-state index in [1.54, 1.807) is 24.8 Å². The SMILES string of the molecule is COc1cncc2c(NC(=O)c3ccn(Cc4ccc(C(F)(F)F)cc4)n3)c[nH]c12. The first kappa shape index (κ1) is 19.5. The molecule has 0 bridgehead atoms. The molecule has 0 aliphatic heterocycles. The number of nitrogens with zero attached hydrogens (tertiary/aromatic N) is 3. The number of aromatic amines is 1. The Kier molecular flexibility index (Phi) is 4.90. The number of carbonyl (C=O) groups excluding carboxylic acids is 1. The Hall–Kier alpha value is -3.82. The van der Waals surface area contributed by atoms with Crippen LogP contribution in [0.2, 0.25) is 0 Å². The first-order chi connectivity index (χ1) is 14.3. The van der Waals surface area contributed by atoms with E-state index in [0.29, 0.717) is 27.9 Å². The number of halogens is 3. The lowest BCUT2D eigenvalue weighted by Gasteiger charge is -2.07. The highest BCUT2D eigenvalue weighted by atomic mass is 19.4. The molecule has 4 rings (SSSR count).